The lowest BCUT2D eigenvalue weighted by molar-refractivity contribution is 0.0920. The van der Waals surface area contributed by atoms with Crippen LogP contribution in [0.4, 0.5) is 0 Å². The van der Waals surface area contributed by atoms with Gasteiger partial charge in [0.25, 0.3) is 5.91 Å². The molecule has 142 valence electrons. The van der Waals surface area contributed by atoms with Crippen molar-refractivity contribution in [1.29, 1.82) is 0 Å². The Morgan fingerprint density at radius 1 is 1.30 bits per heavy atom. The summed E-state index contributed by atoms with van der Waals surface area (Å²) in [4.78, 5) is 12.2. The van der Waals surface area contributed by atoms with Crippen LogP contribution < -0.4 is 10.1 Å². The number of hydrogen-bond donors (Lipinski definition) is 1. The highest BCUT2D eigenvalue weighted by Gasteiger charge is 2.13. The van der Waals surface area contributed by atoms with Gasteiger partial charge in [-0.3, -0.25) is 9.48 Å². The van der Waals surface area contributed by atoms with E-state index in [0.29, 0.717) is 29.6 Å². The summed E-state index contributed by atoms with van der Waals surface area (Å²) in [6.07, 6.45) is 0. The molecule has 2 heterocycles. The molecule has 3 rings (SSSR count). The zero-order valence-corrected chi connectivity index (χ0v) is 17.3. The van der Waals surface area contributed by atoms with Gasteiger partial charge in [0.15, 0.2) is 5.76 Å². The number of hydrogen-bond acceptors (Lipinski definition) is 4. The van der Waals surface area contributed by atoms with Crippen molar-refractivity contribution in [2.45, 2.75) is 27.0 Å². The fourth-order valence-corrected chi connectivity index (χ4v) is 3.02. The minimum absolute atomic E-state index is 0.191. The van der Waals surface area contributed by atoms with Crippen LogP contribution in [0.25, 0.3) is 0 Å². The fraction of sp³-hybridized carbons (Fsp3) is 0.263. The largest absolute Gasteiger partial charge is 0.484 e. The number of carbonyl (C=O) groups is 1. The van der Waals surface area contributed by atoms with Crippen LogP contribution in [0.1, 0.15) is 27.7 Å². The van der Waals surface area contributed by atoms with E-state index in [1.165, 1.54) is 0 Å². The molecule has 0 fully saturated rings. The van der Waals surface area contributed by atoms with E-state index < -0.39 is 0 Å². The van der Waals surface area contributed by atoms with Gasteiger partial charge in [0, 0.05) is 12.2 Å². The molecule has 3 aromatic rings. The van der Waals surface area contributed by atoms with Crippen molar-refractivity contribution >= 4 is 33.4 Å². The van der Waals surface area contributed by atoms with Crippen LogP contribution in [0.15, 0.2) is 45.3 Å². The lowest BCUT2D eigenvalue weighted by Crippen LogP contribution is -2.27. The van der Waals surface area contributed by atoms with Crippen molar-refractivity contribution in [3.8, 4) is 5.75 Å². The molecule has 1 amide bonds. The summed E-state index contributed by atoms with van der Waals surface area (Å²) in [5, 5.41) is 7.77. The molecule has 1 N–H and O–H groups in total. The highest BCUT2D eigenvalue weighted by atomic mass is 79.9. The summed E-state index contributed by atoms with van der Waals surface area (Å²) in [6, 6.07) is 10.5. The van der Waals surface area contributed by atoms with Gasteiger partial charge in [-0.05, 0) is 54.0 Å². The molecule has 6 nitrogen and oxygen atoms in total. The Bertz CT molecular complexity index is 952. The van der Waals surface area contributed by atoms with Gasteiger partial charge in [-0.15, -0.1) is 0 Å². The first-order valence-electron chi connectivity index (χ1n) is 8.39. The minimum Gasteiger partial charge on any atom is -0.484 e. The molecule has 0 spiro atoms. The Hall–Kier alpha value is -2.25. The van der Waals surface area contributed by atoms with E-state index in [1.807, 2.05) is 30.7 Å². The third-order valence-electron chi connectivity index (χ3n) is 3.99. The summed E-state index contributed by atoms with van der Waals surface area (Å²) in [5.74, 6) is 1.07. The van der Waals surface area contributed by atoms with Crippen LogP contribution in [-0.2, 0) is 13.2 Å². The molecule has 8 heteroatoms. The van der Waals surface area contributed by atoms with Gasteiger partial charge < -0.3 is 14.5 Å². The highest BCUT2D eigenvalue weighted by molar-refractivity contribution is 9.10. The number of para-hydroxylation sites is 1. The topological polar surface area (TPSA) is 69.3 Å². The Labute approximate surface area is 170 Å². The quantitative estimate of drug-likeness (QED) is 0.572. The molecule has 0 aliphatic heterocycles. The Morgan fingerprint density at radius 2 is 2.07 bits per heavy atom. The highest BCUT2D eigenvalue weighted by Crippen LogP contribution is 2.24. The lowest BCUT2D eigenvalue weighted by Gasteiger charge is -2.06. The molecule has 0 atom stereocenters. The number of halogens is 2. The summed E-state index contributed by atoms with van der Waals surface area (Å²) < 4.78 is 14.0. The summed E-state index contributed by atoms with van der Waals surface area (Å²) in [5.41, 5.74) is 1.95. The van der Waals surface area contributed by atoms with Crippen LogP contribution in [0.5, 0.6) is 5.75 Å². The molecule has 0 aliphatic carbocycles. The number of aromatic nitrogens is 2. The number of nitrogens with zero attached hydrogens (tertiary/aromatic N) is 2. The van der Waals surface area contributed by atoms with Crippen LogP contribution in [0.2, 0.25) is 5.02 Å². The molecule has 0 aliphatic rings. The molecule has 0 bridgehead atoms. The van der Waals surface area contributed by atoms with Crippen molar-refractivity contribution in [1.82, 2.24) is 15.1 Å². The summed E-state index contributed by atoms with van der Waals surface area (Å²) >= 11 is 9.54. The minimum atomic E-state index is -0.278. The zero-order chi connectivity index (χ0) is 19.4. The van der Waals surface area contributed by atoms with Crippen LogP contribution in [-0.4, -0.2) is 22.2 Å². The average molecular weight is 453 g/mol. The van der Waals surface area contributed by atoms with Gasteiger partial charge in [0.2, 0.25) is 0 Å². The first-order valence-corrected chi connectivity index (χ1v) is 9.56. The van der Waals surface area contributed by atoms with Gasteiger partial charge >= 0.3 is 0 Å². The molecule has 1 aromatic carbocycles. The number of nitrogens with one attached hydrogen (secondary N) is 1. The molecule has 27 heavy (non-hydrogen) atoms. The molecule has 0 saturated carbocycles. The van der Waals surface area contributed by atoms with Crippen LogP contribution >= 0.6 is 27.5 Å². The van der Waals surface area contributed by atoms with Gasteiger partial charge in [0.1, 0.15) is 18.1 Å². The van der Waals surface area contributed by atoms with Crippen LogP contribution in [0.3, 0.4) is 0 Å². The van der Waals surface area contributed by atoms with Crippen molar-refractivity contribution in [3.05, 3.63) is 68.8 Å². The van der Waals surface area contributed by atoms with Gasteiger partial charge in [-0.2, -0.15) is 5.10 Å². The molecular formula is C19H19BrClN3O3. The third-order valence-corrected chi connectivity index (χ3v) is 5.45. The van der Waals surface area contributed by atoms with Gasteiger partial charge in [-0.25, -0.2) is 0 Å². The molecular weight excluding hydrogens is 434 g/mol. The van der Waals surface area contributed by atoms with E-state index in [-0.39, 0.29) is 18.3 Å². The number of furan rings is 1. The molecule has 0 radical (unpaired) electrons. The smallest absolute Gasteiger partial charge is 0.287 e. The monoisotopic (exact) mass is 451 g/mol. The van der Waals surface area contributed by atoms with Gasteiger partial charge in [-0.1, -0.05) is 23.7 Å². The number of amides is 1. The Morgan fingerprint density at radius 3 is 2.78 bits per heavy atom. The maximum absolute atomic E-state index is 12.2. The van der Waals surface area contributed by atoms with E-state index in [1.54, 1.807) is 24.3 Å². The SMILES string of the molecule is Cc1nn(CCNC(=O)c2ccc(COc3ccccc3Cl)o2)c(C)c1Br. The van der Waals surface area contributed by atoms with E-state index in [4.69, 9.17) is 20.8 Å². The van der Waals surface area contributed by atoms with Crippen molar-refractivity contribution in [2.24, 2.45) is 0 Å². The number of rotatable bonds is 7. The maximum Gasteiger partial charge on any atom is 0.287 e. The molecule has 0 unspecified atom stereocenters. The third kappa shape index (κ3) is 4.73. The molecule has 2 aromatic heterocycles. The predicted octanol–water partition coefficient (Wildman–Crippen LogP) is 4.52. The van der Waals surface area contributed by atoms with Crippen LogP contribution in [0, 0.1) is 13.8 Å². The van der Waals surface area contributed by atoms with Crippen molar-refractivity contribution in [2.75, 3.05) is 6.54 Å². The van der Waals surface area contributed by atoms with E-state index >= 15 is 0 Å². The fourth-order valence-electron chi connectivity index (χ4n) is 2.54. The van der Waals surface area contributed by atoms with Crippen molar-refractivity contribution in [3.63, 3.8) is 0 Å². The average Bonchev–Trinajstić information content (AvgIpc) is 3.22. The zero-order valence-electron chi connectivity index (χ0n) is 15.0. The van der Waals surface area contributed by atoms with E-state index in [0.717, 1.165) is 15.9 Å². The second-order valence-corrected chi connectivity index (χ2v) is 7.15. The first-order chi connectivity index (χ1) is 13.0. The standard InChI is InChI=1S/C19H19BrClN3O3/c1-12-18(20)13(2)24(23-12)10-9-22-19(25)17-8-7-14(27-17)11-26-16-6-4-3-5-15(16)21/h3-8H,9-11H2,1-2H3,(H,22,25). The predicted molar refractivity (Wildman–Crippen MR) is 106 cm³/mol. The number of carbonyl (C=O) groups excluding carboxylic acids is 1. The summed E-state index contributed by atoms with van der Waals surface area (Å²) in [7, 11) is 0. The molecule has 0 saturated heterocycles. The first kappa shape index (κ1) is 19.5. The second-order valence-electron chi connectivity index (χ2n) is 5.95. The summed E-state index contributed by atoms with van der Waals surface area (Å²) in [6.45, 7) is 5.12. The number of aryl methyl sites for hydroxylation is 1. The lowest BCUT2D eigenvalue weighted by atomic mass is 10.3. The van der Waals surface area contributed by atoms with Gasteiger partial charge in [0.05, 0.1) is 21.7 Å². The van der Waals surface area contributed by atoms with E-state index in [2.05, 4.69) is 26.3 Å². The second kappa shape index (κ2) is 8.63. The normalized spacial score (nSPS) is 10.8. The van der Waals surface area contributed by atoms with Crippen molar-refractivity contribution < 1.29 is 13.9 Å². The Balaban J connectivity index is 1.51. The Kier molecular flexibility index (Phi) is 6.23. The number of benzene rings is 1. The number of ether oxygens (including phenoxy) is 1. The maximum atomic E-state index is 12.2. The van der Waals surface area contributed by atoms with E-state index in [9.17, 15) is 4.79 Å².